The molecule has 0 saturated heterocycles. The van der Waals surface area contributed by atoms with E-state index in [1.54, 1.807) is 11.3 Å². The summed E-state index contributed by atoms with van der Waals surface area (Å²) in [6.07, 6.45) is 0. The van der Waals surface area contributed by atoms with Crippen LogP contribution in [0.15, 0.2) is 212 Å². The number of hydrogen-bond donors (Lipinski definition) is 0. The van der Waals surface area contributed by atoms with Gasteiger partial charge in [-0.2, -0.15) is 0 Å². The molecule has 13 rings (SSSR count). The van der Waals surface area contributed by atoms with E-state index in [9.17, 15) is 0 Å². The Morgan fingerprint density at radius 3 is 1.31 bits per heavy atom. The number of fused-ring (bicyclic) bond motifs is 13. The minimum absolute atomic E-state index is 0.356. The van der Waals surface area contributed by atoms with Crippen molar-refractivity contribution in [1.82, 2.24) is 15.0 Å². The molecule has 0 unspecified atom stereocenters. The van der Waals surface area contributed by atoms with Crippen molar-refractivity contribution in [2.24, 2.45) is 0 Å². The Bertz CT molecular complexity index is 3500. The lowest BCUT2D eigenvalue weighted by atomic mass is 9.70. The van der Waals surface area contributed by atoms with Gasteiger partial charge in [0.25, 0.3) is 0 Å². The van der Waals surface area contributed by atoms with Crippen molar-refractivity contribution in [2.45, 2.75) is 5.41 Å². The Labute approximate surface area is 363 Å². The van der Waals surface area contributed by atoms with Gasteiger partial charge in [-0.15, -0.1) is 11.3 Å². The summed E-state index contributed by atoms with van der Waals surface area (Å²) in [5.74, 6) is 1.97. The molecule has 11 aromatic rings. The summed E-state index contributed by atoms with van der Waals surface area (Å²) >= 11 is 1.80. The van der Waals surface area contributed by atoms with Crippen LogP contribution < -0.4 is 0 Å². The Kier molecular flexibility index (Phi) is 7.69. The Hall–Kier alpha value is -7.79. The molecule has 288 valence electrons. The normalized spacial score (nSPS) is 13.0. The minimum atomic E-state index is -0.356. The molecule has 4 heteroatoms. The molecule has 2 heterocycles. The summed E-state index contributed by atoms with van der Waals surface area (Å²) < 4.78 is 2.50. The van der Waals surface area contributed by atoms with Gasteiger partial charge in [0.15, 0.2) is 17.5 Å². The van der Waals surface area contributed by atoms with Crippen LogP contribution in [0.4, 0.5) is 0 Å². The van der Waals surface area contributed by atoms with E-state index in [0.717, 1.165) is 27.8 Å². The van der Waals surface area contributed by atoms with Crippen LogP contribution in [-0.2, 0) is 5.41 Å². The van der Waals surface area contributed by atoms with Gasteiger partial charge in [-0.05, 0) is 85.0 Å². The van der Waals surface area contributed by atoms with E-state index in [0.29, 0.717) is 17.5 Å². The van der Waals surface area contributed by atoms with Crippen LogP contribution in [0.2, 0.25) is 0 Å². The highest BCUT2D eigenvalue weighted by Gasteiger charge is 2.51. The molecule has 0 amide bonds. The SMILES string of the molecule is c1ccc(-c2nc(-c3ccc(-c4ccc(-c5ccc6c(c5)C5(c7ccccc7-c7ccccc75)c5ccccc5-6)cc4)cc3)nc(-c3ccc4c(c3)sc3ccccc34)n2)cc1. The van der Waals surface area contributed by atoms with E-state index in [4.69, 9.17) is 15.0 Å². The summed E-state index contributed by atoms with van der Waals surface area (Å²) in [7, 11) is 0. The lowest BCUT2D eigenvalue weighted by Gasteiger charge is -2.30. The van der Waals surface area contributed by atoms with E-state index in [-0.39, 0.29) is 5.41 Å². The lowest BCUT2D eigenvalue weighted by Crippen LogP contribution is -2.25. The zero-order chi connectivity index (χ0) is 40.8. The van der Waals surface area contributed by atoms with Gasteiger partial charge in [0, 0.05) is 36.9 Å². The highest BCUT2D eigenvalue weighted by Crippen LogP contribution is 2.63. The quantitative estimate of drug-likeness (QED) is 0.174. The highest BCUT2D eigenvalue weighted by atomic mass is 32.1. The van der Waals surface area contributed by atoms with Gasteiger partial charge in [0.1, 0.15) is 0 Å². The van der Waals surface area contributed by atoms with Gasteiger partial charge >= 0.3 is 0 Å². The van der Waals surface area contributed by atoms with Crippen molar-refractivity contribution in [2.75, 3.05) is 0 Å². The average Bonchev–Trinajstić information content (AvgIpc) is 3.98. The maximum absolute atomic E-state index is 5.08. The molecule has 2 aliphatic rings. The maximum Gasteiger partial charge on any atom is 0.164 e. The zero-order valence-electron chi connectivity index (χ0n) is 33.5. The van der Waals surface area contributed by atoms with Gasteiger partial charge in [0.2, 0.25) is 0 Å². The fraction of sp³-hybridized carbons (Fsp3) is 0.0172. The molecule has 2 aliphatic carbocycles. The number of thiophene rings is 1. The second-order valence-electron chi connectivity index (χ2n) is 16.3. The van der Waals surface area contributed by atoms with Crippen molar-refractivity contribution in [3.63, 3.8) is 0 Å². The molecule has 0 atom stereocenters. The van der Waals surface area contributed by atoms with Crippen LogP contribution in [0.1, 0.15) is 22.3 Å². The van der Waals surface area contributed by atoms with Crippen LogP contribution in [0, 0.1) is 0 Å². The fourth-order valence-corrected chi connectivity index (χ4v) is 11.3. The molecular weight excluding hydrogens is 771 g/mol. The van der Waals surface area contributed by atoms with Gasteiger partial charge < -0.3 is 0 Å². The van der Waals surface area contributed by atoms with E-state index in [2.05, 4.69) is 194 Å². The first-order valence-corrected chi connectivity index (χ1v) is 21.9. The summed E-state index contributed by atoms with van der Waals surface area (Å²) in [5, 5.41) is 2.53. The first kappa shape index (κ1) is 35.0. The van der Waals surface area contributed by atoms with E-state index >= 15 is 0 Å². The smallest absolute Gasteiger partial charge is 0.164 e. The predicted molar refractivity (Wildman–Crippen MR) is 256 cm³/mol. The Morgan fingerprint density at radius 2 is 0.694 bits per heavy atom. The molecule has 0 N–H and O–H groups in total. The van der Waals surface area contributed by atoms with E-state index < -0.39 is 0 Å². The summed E-state index contributed by atoms with van der Waals surface area (Å²) in [6, 6.07) is 76.9. The van der Waals surface area contributed by atoms with Gasteiger partial charge in [-0.3, -0.25) is 0 Å². The Balaban J connectivity index is 0.848. The molecule has 0 bridgehead atoms. The van der Waals surface area contributed by atoms with E-state index in [1.807, 2.05) is 18.2 Å². The van der Waals surface area contributed by atoms with Crippen LogP contribution >= 0.6 is 11.3 Å². The second-order valence-corrected chi connectivity index (χ2v) is 17.4. The standard InChI is InChI=1S/C58H35N3S/c1-2-12-39(13-3-1)55-59-56(61-57(60-55)42-31-33-48-47-17-7-11-21-53(47)62-54(48)35-42)40-28-26-37(27-29-40)36-22-24-38(25-23-36)41-30-32-46-45-16-6-10-20-51(45)58(52(46)34-41)49-18-8-4-14-43(49)44-15-5-9-19-50(44)58/h1-35H. The molecule has 3 nitrogen and oxygen atoms in total. The molecule has 62 heavy (non-hydrogen) atoms. The summed E-state index contributed by atoms with van der Waals surface area (Å²) in [5.41, 5.74) is 17.9. The molecule has 2 aromatic heterocycles. The number of hydrogen-bond acceptors (Lipinski definition) is 4. The molecule has 0 radical (unpaired) electrons. The monoisotopic (exact) mass is 805 g/mol. The zero-order valence-corrected chi connectivity index (χ0v) is 34.3. The molecule has 0 fully saturated rings. The highest BCUT2D eigenvalue weighted by molar-refractivity contribution is 7.25. The molecule has 0 aliphatic heterocycles. The van der Waals surface area contributed by atoms with Crippen LogP contribution in [-0.4, -0.2) is 15.0 Å². The lowest BCUT2D eigenvalue weighted by molar-refractivity contribution is 0.794. The van der Waals surface area contributed by atoms with Crippen LogP contribution in [0.3, 0.4) is 0 Å². The third kappa shape index (κ3) is 5.20. The fourth-order valence-electron chi connectivity index (χ4n) is 10.2. The van der Waals surface area contributed by atoms with Crippen molar-refractivity contribution in [3.05, 3.63) is 235 Å². The number of aromatic nitrogens is 3. The first-order chi connectivity index (χ1) is 30.7. The predicted octanol–water partition coefficient (Wildman–Crippen LogP) is 14.9. The van der Waals surface area contributed by atoms with Crippen molar-refractivity contribution in [1.29, 1.82) is 0 Å². The number of nitrogens with zero attached hydrogens (tertiary/aromatic N) is 3. The number of rotatable bonds is 5. The molecule has 1 spiro atoms. The van der Waals surface area contributed by atoms with Gasteiger partial charge in [0.05, 0.1) is 5.41 Å². The molecule has 0 saturated carbocycles. The summed E-state index contributed by atoms with van der Waals surface area (Å²) in [6.45, 7) is 0. The van der Waals surface area contributed by atoms with E-state index in [1.165, 1.54) is 75.8 Å². The van der Waals surface area contributed by atoms with Gasteiger partial charge in [-0.25, -0.2) is 15.0 Å². The summed E-state index contributed by atoms with van der Waals surface area (Å²) in [4.78, 5) is 15.1. The van der Waals surface area contributed by atoms with Crippen LogP contribution in [0.5, 0.6) is 0 Å². The van der Waals surface area contributed by atoms with Crippen molar-refractivity contribution >= 4 is 31.5 Å². The third-order valence-electron chi connectivity index (χ3n) is 13.0. The Morgan fingerprint density at radius 1 is 0.274 bits per heavy atom. The molecular formula is C58H35N3S. The second kappa shape index (κ2) is 13.6. The first-order valence-electron chi connectivity index (χ1n) is 21.1. The van der Waals surface area contributed by atoms with Crippen molar-refractivity contribution in [3.8, 4) is 78.7 Å². The third-order valence-corrected chi connectivity index (χ3v) is 14.1. The molecule has 9 aromatic carbocycles. The minimum Gasteiger partial charge on any atom is -0.208 e. The van der Waals surface area contributed by atoms with Crippen LogP contribution in [0.25, 0.3) is 98.8 Å². The maximum atomic E-state index is 5.08. The van der Waals surface area contributed by atoms with Gasteiger partial charge in [-0.1, -0.05) is 194 Å². The largest absolute Gasteiger partial charge is 0.208 e. The number of benzene rings is 9. The van der Waals surface area contributed by atoms with Crippen molar-refractivity contribution < 1.29 is 0 Å². The average molecular weight is 806 g/mol. The topological polar surface area (TPSA) is 38.7 Å².